The summed E-state index contributed by atoms with van der Waals surface area (Å²) in [6.45, 7) is 2.06. The maximum absolute atomic E-state index is 6.22. The van der Waals surface area contributed by atoms with Crippen molar-refractivity contribution >= 4 is 50.4 Å². The fourth-order valence-corrected chi connectivity index (χ4v) is 3.53. The minimum atomic E-state index is 0.477. The van der Waals surface area contributed by atoms with E-state index in [1.165, 1.54) is 5.56 Å². The Morgan fingerprint density at radius 3 is 2.63 bits per heavy atom. The van der Waals surface area contributed by atoms with Gasteiger partial charge in [-0.05, 0) is 36.8 Å². The van der Waals surface area contributed by atoms with Crippen LogP contribution in [0.4, 0.5) is 5.69 Å². The lowest BCUT2D eigenvalue weighted by atomic mass is 10.2. The van der Waals surface area contributed by atoms with E-state index in [0.717, 1.165) is 15.2 Å². The van der Waals surface area contributed by atoms with Crippen LogP contribution in [0, 0.1) is 6.92 Å². The van der Waals surface area contributed by atoms with Crippen molar-refractivity contribution in [2.75, 3.05) is 5.73 Å². The van der Waals surface area contributed by atoms with Crippen LogP contribution in [0.5, 0.6) is 0 Å². The molecule has 0 fully saturated rings. The average Bonchev–Trinajstić information content (AvgIpc) is 2.77. The summed E-state index contributed by atoms with van der Waals surface area (Å²) in [7, 11) is 0. The van der Waals surface area contributed by atoms with Gasteiger partial charge < -0.3 is 5.73 Å². The number of anilines is 1. The Morgan fingerprint density at radius 1 is 1.11 bits per heavy atom. The van der Waals surface area contributed by atoms with Crippen molar-refractivity contribution in [3.05, 3.63) is 45.9 Å². The van der Waals surface area contributed by atoms with Crippen LogP contribution in [-0.4, -0.2) is 4.98 Å². The second kappa shape index (κ2) is 4.67. The molecular weight excluding hydrogens is 299 g/mol. The van der Waals surface area contributed by atoms with Crippen molar-refractivity contribution in [2.45, 2.75) is 6.92 Å². The fourth-order valence-electron chi connectivity index (χ4n) is 1.92. The van der Waals surface area contributed by atoms with Gasteiger partial charge in [0.2, 0.25) is 0 Å². The van der Waals surface area contributed by atoms with Gasteiger partial charge in [0, 0.05) is 0 Å². The molecule has 5 heteroatoms. The number of fused-ring (bicyclic) bond motifs is 1. The largest absolute Gasteiger partial charge is 0.397 e. The fraction of sp³-hybridized carbons (Fsp3) is 0.0714. The van der Waals surface area contributed by atoms with Crippen molar-refractivity contribution in [3.63, 3.8) is 0 Å². The molecule has 0 saturated heterocycles. The first-order valence-corrected chi connectivity index (χ1v) is 7.24. The van der Waals surface area contributed by atoms with Gasteiger partial charge in [-0.3, -0.25) is 0 Å². The molecule has 2 N–H and O–H groups in total. The van der Waals surface area contributed by atoms with E-state index in [1.807, 2.05) is 12.1 Å². The summed E-state index contributed by atoms with van der Waals surface area (Å²) in [6.07, 6.45) is 0. The second-order valence-electron chi connectivity index (χ2n) is 4.31. The number of aromatic nitrogens is 1. The molecule has 96 valence electrons. The van der Waals surface area contributed by atoms with Gasteiger partial charge in [-0.2, -0.15) is 0 Å². The molecule has 0 spiro atoms. The number of halogens is 2. The second-order valence-corrected chi connectivity index (χ2v) is 6.15. The smallest absolute Gasteiger partial charge is 0.128 e. The Labute approximate surface area is 124 Å². The third-order valence-corrected chi connectivity index (χ3v) is 4.58. The van der Waals surface area contributed by atoms with Gasteiger partial charge in [0.15, 0.2) is 0 Å². The van der Waals surface area contributed by atoms with E-state index in [-0.39, 0.29) is 0 Å². The molecule has 0 aliphatic rings. The number of hydrogen-bond acceptors (Lipinski definition) is 3. The Hall–Kier alpha value is -1.29. The van der Waals surface area contributed by atoms with E-state index in [2.05, 4.69) is 18.0 Å². The maximum Gasteiger partial charge on any atom is 0.128 e. The van der Waals surface area contributed by atoms with Crippen LogP contribution >= 0.6 is 34.5 Å². The Balaban J connectivity index is 2.27. The quantitative estimate of drug-likeness (QED) is 0.630. The zero-order valence-corrected chi connectivity index (χ0v) is 12.4. The summed E-state index contributed by atoms with van der Waals surface area (Å²) in [6, 6.07) is 9.58. The average molecular weight is 309 g/mol. The first-order valence-electron chi connectivity index (χ1n) is 5.67. The van der Waals surface area contributed by atoms with E-state index in [0.29, 0.717) is 21.3 Å². The van der Waals surface area contributed by atoms with Gasteiger partial charge in [-0.25, -0.2) is 4.98 Å². The van der Waals surface area contributed by atoms with Crippen LogP contribution in [0.3, 0.4) is 0 Å². The molecule has 0 radical (unpaired) electrons. The Bertz CT molecular complexity index is 780. The summed E-state index contributed by atoms with van der Waals surface area (Å²) >= 11 is 13.8. The van der Waals surface area contributed by atoms with Gasteiger partial charge in [-0.1, -0.05) is 29.3 Å². The number of nitrogens with two attached hydrogens (primary N) is 1. The number of thiazole rings is 1. The molecule has 0 amide bonds. The van der Waals surface area contributed by atoms with E-state index in [4.69, 9.17) is 28.9 Å². The molecule has 0 aliphatic carbocycles. The summed E-state index contributed by atoms with van der Waals surface area (Å²) in [5.74, 6) is 0. The third kappa shape index (κ3) is 2.18. The minimum absolute atomic E-state index is 0.477. The molecule has 0 atom stereocenters. The van der Waals surface area contributed by atoms with Crippen LogP contribution < -0.4 is 5.73 Å². The number of hydrogen-bond donors (Lipinski definition) is 1. The molecule has 0 aliphatic heterocycles. The number of nitrogen functional groups attached to an aromatic ring is 1. The third-order valence-electron chi connectivity index (χ3n) is 2.90. The van der Waals surface area contributed by atoms with Crippen molar-refractivity contribution in [1.82, 2.24) is 4.98 Å². The van der Waals surface area contributed by atoms with E-state index in [9.17, 15) is 0 Å². The molecule has 3 aromatic rings. The lowest BCUT2D eigenvalue weighted by molar-refractivity contribution is 1.45. The summed E-state index contributed by atoms with van der Waals surface area (Å²) in [4.78, 5) is 4.58. The van der Waals surface area contributed by atoms with Gasteiger partial charge in [0.1, 0.15) is 5.01 Å². The minimum Gasteiger partial charge on any atom is -0.397 e. The summed E-state index contributed by atoms with van der Waals surface area (Å²) < 4.78 is 1.12. The van der Waals surface area contributed by atoms with Crippen molar-refractivity contribution in [1.29, 1.82) is 0 Å². The van der Waals surface area contributed by atoms with Gasteiger partial charge >= 0.3 is 0 Å². The van der Waals surface area contributed by atoms with Crippen LogP contribution in [0.15, 0.2) is 30.3 Å². The lowest BCUT2D eigenvalue weighted by Gasteiger charge is -2.06. The van der Waals surface area contributed by atoms with Crippen LogP contribution in [-0.2, 0) is 0 Å². The van der Waals surface area contributed by atoms with Crippen LogP contribution in [0.25, 0.3) is 20.8 Å². The molecule has 0 unspecified atom stereocenters. The van der Waals surface area contributed by atoms with E-state index < -0.39 is 0 Å². The standard InChI is InChI=1S/C14H10Cl2N2S/c1-7-2-5-10-11(6-7)19-14(18-10)12-8(15)3-4-9(16)13(12)17/h2-6H,17H2,1H3. The molecule has 0 saturated carbocycles. The molecule has 0 bridgehead atoms. The zero-order chi connectivity index (χ0) is 13.6. The highest BCUT2D eigenvalue weighted by atomic mass is 35.5. The predicted molar refractivity (Wildman–Crippen MR) is 84.2 cm³/mol. The molecule has 2 nitrogen and oxygen atoms in total. The molecule has 19 heavy (non-hydrogen) atoms. The molecule has 3 rings (SSSR count). The first kappa shape index (κ1) is 12.7. The highest BCUT2D eigenvalue weighted by molar-refractivity contribution is 7.21. The van der Waals surface area contributed by atoms with Crippen molar-refractivity contribution in [2.24, 2.45) is 0 Å². The first-order chi connectivity index (χ1) is 9.06. The summed E-state index contributed by atoms with van der Waals surface area (Å²) in [5, 5.41) is 1.86. The van der Waals surface area contributed by atoms with Crippen LogP contribution in [0.1, 0.15) is 5.56 Å². The maximum atomic E-state index is 6.22. The number of rotatable bonds is 1. The Morgan fingerprint density at radius 2 is 1.84 bits per heavy atom. The zero-order valence-electron chi connectivity index (χ0n) is 10.1. The van der Waals surface area contributed by atoms with Crippen LogP contribution in [0.2, 0.25) is 10.0 Å². The van der Waals surface area contributed by atoms with Crippen molar-refractivity contribution < 1.29 is 0 Å². The topological polar surface area (TPSA) is 38.9 Å². The number of aryl methyl sites for hydroxylation is 1. The predicted octanol–water partition coefficient (Wildman–Crippen LogP) is 5.16. The van der Waals surface area contributed by atoms with E-state index >= 15 is 0 Å². The SMILES string of the molecule is Cc1ccc2nc(-c3c(Cl)ccc(Cl)c3N)sc2c1. The van der Waals surface area contributed by atoms with Crippen molar-refractivity contribution in [3.8, 4) is 10.6 Å². The monoisotopic (exact) mass is 308 g/mol. The summed E-state index contributed by atoms with van der Waals surface area (Å²) in [5.41, 5.74) is 9.36. The van der Waals surface area contributed by atoms with Gasteiger partial charge in [0.25, 0.3) is 0 Å². The van der Waals surface area contributed by atoms with Gasteiger partial charge in [0.05, 0.1) is 31.5 Å². The normalized spacial score (nSPS) is 11.1. The highest BCUT2D eigenvalue weighted by Crippen LogP contribution is 2.41. The Kier molecular flexibility index (Phi) is 3.13. The molecule has 2 aromatic carbocycles. The molecule has 1 heterocycles. The molecule has 1 aromatic heterocycles. The number of benzene rings is 2. The lowest BCUT2D eigenvalue weighted by Crippen LogP contribution is -1.91. The van der Waals surface area contributed by atoms with E-state index in [1.54, 1.807) is 23.5 Å². The highest BCUT2D eigenvalue weighted by Gasteiger charge is 2.15. The van der Waals surface area contributed by atoms with Gasteiger partial charge in [-0.15, -0.1) is 11.3 Å². The molecular formula is C14H10Cl2N2S. The number of nitrogens with zero attached hydrogens (tertiary/aromatic N) is 1.